The average molecular weight is 294 g/mol. The van der Waals surface area contributed by atoms with E-state index in [-0.39, 0.29) is 13.0 Å². The van der Waals surface area contributed by atoms with Crippen LogP contribution >= 0.6 is 11.8 Å². The Morgan fingerprint density at radius 3 is 2.79 bits per heavy atom. The van der Waals surface area contributed by atoms with Crippen molar-refractivity contribution >= 4 is 17.6 Å². The van der Waals surface area contributed by atoms with Crippen LogP contribution in [0.15, 0.2) is 0 Å². The van der Waals surface area contributed by atoms with E-state index < -0.39 is 12.8 Å². The molecule has 106 valence electrons. The van der Waals surface area contributed by atoms with Crippen LogP contribution in [0.25, 0.3) is 0 Å². The monoisotopic (exact) mass is 294 g/mol. The number of hydrazine groups is 1. The zero-order valence-corrected chi connectivity index (χ0v) is 10.8. The van der Waals surface area contributed by atoms with Crippen molar-refractivity contribution < 1.29 is 17.9 Å². The molecule has 3 N–H and O–H groups in total. The molecule has 2 rings (SSSR count). The smallest absolute Gasteiger partial charge is 0.372 e. The van der Waals surface area contributed by atoms with Gasteiger partial charge in [-0.2, -0.15) is 24.9 Å². The van der Waals surface area contributed by atoms with Crippen molar-refractivity contribution in [3.8, 4) is 0 Å². The number of nitrogens with two attached hydrogens (primary N) is 1. The molecule has 19 heavy (non-hydrogen) atoms. The fraction of sp³-hybridized carbons (Fsp3) is 0.600. The van der Waals surface area contributed by atoms with Gasteiger partial charge in [0.15, 0.2) is 0 Å². The summed E-state index contributed by atoms with van der Waals surface area (Å²) < 4.78 is 40.2. The summed E-state index contributed by atoms with van der Waals surface area (Å²) in [6.07, 6.45) is -4.08. The second-order valence-corrected chi connectivity index (χ2v) is 4.95. The lowest BCUT2D eigenvalue weighted by Crippen LogP contribution is -2.19. The number of nitrogens with one attached hydrogen (secondary N) is 1. The summed E-state index contributed by atoms with van der Waals surface area (Å²) in [5.74, 6) is 7.92. The minimum Gasteiger partial charge on any atom is -0.372 e. The van der Waals surface area contributed by atoms with E-state index in [1.807, 2.05) is 0 Å². The standard InChI is InChI=1S/C10H13F3N4OS/c11-10(12,13)5-18-2-1-8-15-7-4-19-3-6(7)9(16-8)17-14/h1-5,14H2,(H,15,16,17). The largest absolute Gasteiger partial charge is 0.411 e. The molecule has 2 heterocycles. The van der Waals surface area contributed by atoms with E-state index in [1.54, 1.807) is 11.8 Å². The predicted molar refractivity (Wildman–Crippen MR) is 65.4 cm³/mol. The first kappa shape index (κ1) is 14.4. The molecule has 0 aromatic carbocycles. The zero-order chi connectivity index (χ0) is 13.9. The van der Waals surface area contributed by atoms with Crippen molar-refractivity contribution in [1.29, 1.82) is 0 Å². The van der Waals surface area contributed by atoms with Gasteiger partial charge in [0, 0.05) is 23.5 Å². The van der Waals surface area contributed by atoms with E-state index in [4.69, 9.17) is 5.84 Å². The Balaban J connectivity index is 1.94. The van der Waals surface area contributed by atoms with Gasteiger partial charge in [-0.15, -0.1) is 0 Å². The molecule has 9 heteroatoms. The SMILES string of the molecule is NNc1nc(CCOCC(F)(F)F)nc2c1CSC2. The number of hydrogen-bond acceptors (Lipinski definition) is 6. The molecule has 1 aromatic rings. The Hall–Kier alpha value is -1.06. The zero-order valence-electron chi connectivity index (χ0n) is 9.96. The van der Waals surface area contributed by atoms with Crippen LogP contribution < -0.4 is 11.3 Å². The van der Waals surface area contributed by atoms with Crippen LogP contribution in [0.5, 0.6) is 0 Å². The summed E-state index contributed by atoms with van der Waals surface area (Å²) in [6.45, 7) is -1.33. The highest BCUT2D eigenvalue weighted by Gasteiger charge is 2.27. The summed E-state index contributed by atoms with van der Waals surface area (Å²) >= 11 is 1.69. The molecule has 1 aliphatic heterocycles. The van der Waals surface area contributed by atoms with Crippen molar-refractivity contribution in [1.82, 2.24) is 9.97 Å². The van der Waals surface area contributed by atoms with Gasteiger partial charge in [0.2, 0.25) is 0 Å². The number of nitrogen functional groups attached to an aromatic ring is 1. The normalized spacial score (nSPS) is 14.5. The Kier molecular flexibility index (Phi) is 4.48. The lowest BCUT2D eigenvalue weighted by molar-refractivity contribution is -0.173. The lowest BCUT2D eigenvalue weighted by Gasteiger charge is -2.10. The van der Waals surface area contributed by atoms with Crippen LogP contribution in [-0.4, -0.2) is 29.4 Å². The van der Waals surface area contributed by atoms with Crippen LogP contribution in [0.2, 0.25) is 0 Å². The number of nitrogens with zero attached hydrogens (tertiary/aromatic N) is 2. The number of thioether (sulfide) groups is 1. The summed E-state index contributed by atoms with van der Waals surface area (Å²) in [5, 5.41) is 0. The number of halogens is 3. The first-order chi connectivity index (χ1) is 8.99. The maximum absolute atomic E-state index is 11.9. The highest BCUT2D eigenvalue weighted by atomic mass is 32.2. The molecular weight excluding hydrogens is 281 g/mol. The molecule has 0 fully saturated rings. The van der Waals surface area contributed by atoms with Crippen molar-refractivity contribution in [3.63, 3.8) is 0 Å². The third-order valence-corrected chi connectivity index (χ3v) is 3.47. The van der Waals surface area contributed by atoms with Crippen molar-refractivity contribution in [3.05, 3.63) is 17.1 Å². The first-order valence-electron chi connectivity index (χ1n) is 5.57. The molecule has 0 amide bonds. The highest BCUT2D eigenvalue weighted by Crippen LogP contribution is 2.32. The van der Waals surface area contributed by atoms with Gasteiger partial charge in [-0.1, -0.05) is 0 Å². The van der Waals surface area contributed by atoms with Gasteiger partial charge in [-0.25, -0.2) is 15.8 Å². The summed E-state index contributed by atoms with van der Waals surface area (Å²) in [5.41, 5.74) is 4.35. The number of ether oxygens (including phenoxy) is 1. The minimum absolute atomic E-state index is 0.0740. The van der Waals surface area contributed by atoms with Gasteiger partial charge in [-0.05, 0) is 0 Å². The Morgan fingerprint density at radius 1 is 1.32 bits per heavy atom. The molecule has 0 spiro atoms. The quantitative estimate of drug-likeness (QED) is 0.488. The van der Waals surface area contributed by atoms with E-state index in [1.165, 1.54) is 0 Å². The third-order valence-electron chi connectivity index (χ3n) is 2.50. The molecular formula is C10H13F3N4OS. The highest BCUT2D eigenvalue weighted by molar-refractivity contribution is 7.98. The topological polar surface area (TPSA) is 73.1 Å². The third kappa shape index (κ3) is 3.95. The number of alkyl halides is 3. The van der Waals surface area contributed by atoms with Crippen molar-refractivity contribution in [2.45, 2.75) is 24.1 Å². The van der Waals surface area contributed by atoms with E-state index >= 15 is 0 Å². The van der Waals surface area contributed by atoms with Crippen LogP contribution in [0.4, 0.5) is 19.0 Å². The molecule has 5 nitrogen and oxygen atoms in total. The fourth-order valence-electron chi connectivity index (χ4n) is 1.68. The number of anilines is 1. The van der Waals surface area contributed by atoms with Crippen LogP contribution in [0.1, 0.15) is 17.1 Å². The van der Waals surface area contributed by atoms with Crippen LogP contribution in [0.3, 0.4) is 0 Å². The predicted octanol–water partition coefficient (Wildman–Crippen LogP) is 1.63. The average Bonchev–Trinajstić information content (AvgIpc) is 2.80. The van der Waals surface area contributed by atoms with Gasteiger partial charge in [0.05, 0.1) is 12.3 Å². The second kappa shape index (κ2) is 5.93. The van der Waals surface area contributed by atoms with E-state index in [2.05, 4.69) is 20.1 Å². The fourth-order valence-corrected chi connectivity index (χ4v) is 2.73. The van der Waals surface area contributed by atoms with Crippen molar-refractivity contribution in [2.75, 3.05) is 18.6 Å². The first-order valence-corrected chi connectivity index (χ1v) is 6.72. The Morgan fingerprint density at radius 2 is 2.11 bits per heavy atom. The molecule has 0 unspecified atom stereocenters. The Bertz CT molecular complexity index is 455. The van der Waals surface area contributed by atoms with Gasteiger partial charge in [0.25, 0.3) is 0 Å². The number of aromatic nitrogens is 2. The second-order valence-electron chi connectivity index (χ2n) is 3.97. The molecule has 0 saturated heterocycles. The molecule has 1 aliphatic rings. The van der Waals surface area contributed by atoms with Crippen molar-refractivity contribution in [2.24, 2.45) is 5.84 Å². The number of fused-ring (bicyclic) bond motifs is 1. The van der Waals surface area contributed by atoms with Gasteiger partial charge in [-0.3, -0.25) is 0 Å². The maximum atomic E-state index is 11.9. The molecule has 0 atom stereocenters. The molecule has 0 radical (unpaired) electrons. The van der Waals surface area contributed by atoms with Gasteiger partial charge in [0.1, 0.15) is 18.2 Å². The van der Waals surface area contributed by atoms with E-state index in [0.717, 1.165) is 22.8 Å². The molecule has 1 aromatic heterocycles. The summed E-state index contributed by atoms with van der Waals surface area (Å²) in [6, 6.07) is 0. The Labute approximate surface area is 112 Å². The summed E-state index contributed by atoms with van der Waals surface area (Å²) in [4.78, 5) is 8.48. The number of hydrogen-bond donors (Lipinski definition) is 2. The molecule has 0 aliphatic carbocycles. The van der Waals surface area contributed by atoms with Crippen LogP contribution in [-0.2, 0) is 22.7 Å². The van der Waals surface area contributed by atoms with Gasteiger partial charge < -0.3 is 10.2 Å². The molecule has 0 saturated carbocycles. The van der Waals surface area contributed by atoms with E-state index in [9.17, 15) is 13.2 Å². The van der Waals surface area contributed by atoms with Gasteiger partial charge >= 0.3 is 6.18 Å². The van der Waals surface area contributed by atoms with Crippen LogP contribution in [0, 0.1) is 0 Å². The lowest BCUT2D eigenvalue weighted by atomic mass is 10.2. The summed E-state index contributed by atoms with van der Waals surface area (Å²) in [7, 11) is 0. The minimum atomic E-state index is -4.31. The number of rotatable bonds is 5. The van der Waals surface area contributed by atoms with E-state index in [0.29, 0.717) is 11.6 Å². The maximum Gasteiger partial charge on any atom is 0.411 e. The molecule has 0 bridgehead atoms.